The lowest BCUT2D eigenvalue weighted by molar-refractivity contribution is 0.103. The molecule has 32 heavy (non-hydrogen) atoms. The largest absolute Gasteiger partial charge is 0.488 e. The van der Waals surface area contributed by atoms with E-state index < -0.39 is 0 Å². The Hall–Kier alpha value is -3.68. The van der Waals surface area contributed by atoms with Crippen LogP contribution in [-0.2, 0) is 13.0 Å². The molecule has 4 N–H and O–H groups in total. The van der Waals surface area contributed by atoms with Crippen molar-refractivity contribution in [2.45, 2.75) is 13.0 Å². The van der Waals surface area contributed by atoms with Crippen LogP contribution in [0.15, 0.2) is 60.7 Å². The fourth-order valence-corrected chi connectivity index (χ4v) is 4.30. The molecule has 0 aliphatic heterocycles. The van der Waals surface area contributed by atoms with Gasteiger partial charge < -0.3 is 21.0 Å². The third kappa shape index (κ3) is 3.41. The molecule has 4 aromatic rings. The summed E-state index contributed by atoms with van der Waals surface area (Å²) in [6.45, 7) is 1.69. The molecule has 0 bridgehead atoms. The monoisotopic (exact) mass is 428 g/mol. The summed E-state index contributed by atoms with van der Waals surface area (Å²) in [5.74, 6) is 6.85. The van der Waals surface area contributed by atoms with E-state index in [-0.39, 0.29) is 12.4 Å². The smallest absolute Gasteiger partial charge is 0.194 e. The number of aliphatic hydroxyl groups is 1. The minimum Gasteiger partial charge on any atom is -0.488 e. The second-order valence-electron chi connectivity index (χ2n) is 7.79. The van der Waals surface area contributed by atoms with Gasteiger partial charge in [0.05, 0.1) is 17.7 Å². The zero-order valence-corrected chi connectivity index (χ0v) is 17.5. The number of carbonyl (C=O) groups excluding carboxylic acids is 1. The standard InChI is InChI=1S/C25H24N4O3/c26-29-24-17(11-12-27-13-14-30)9-10-19-22(24)23(28-29)21-18(25(19)31)7-4-8-20(21)32-15-16-5-2-1-3-6-16/h1-10,27,30H,11-15,26H2. The number of hydrogen-bond acceptors (Lipinski definition) is 6. The average Bonchev–Trinajstić information content (AvgIpc) is 3.17. The molecule has 7 heteroatoms. The first-order valence-corrected chi connectivity index (χ1v) is 10.6. The molecule has 0 saturated heterocycles. The summed E-state index contributed by atoms with van der Waals surface area (Å²) in [5.41, 5.74) is 5.31. The lowest BCUT2D eigenvalue weighted by atomic mass is 9.85. The number of carbonyl (C=O) groups is 1. The molecule has 0 amide bonds. The SMILES string of the molecule is Nn1nc2c3c(ccc(CCNCCO)c31)C(=O)c1cccc(OCc3ccccc3)c1-2. The van der Waals surface area contributed by atoms with Crippen LogP contribution in [-0.4, -0.2) is 40.5 Å². The van der Waals surface area contributed by atoms with Gasteiger partial charge in [0.1, 0.15) is 18.1 Å². The lowest BCUT2D eigenvalue weighted by Crippen LogP contribution is -2.21. The quantitative estimate of drug-likeness (QED) is 0.259. The van der Waals surface area contributed by atoms with Gasteiger partial charge in [0.25, 0.3) is 0 Å². The molecule has 0 unspecified atom stereocenters. The molecular formula is C25H24N4O3. The molecular weight excluding hydrogens is 404 g/mol. The van der Waals surface area contributed by atoms with E-state index in [4.69, 9.17) is 15.7 Å². The molecule has 5 rings (SSSR count). The zero-order valence-electron chi connectivity index (χ0n) is 17.5. The van der Waals surface area contributed by atoms with Gasteiger partial charge in [0.15, 0.2) is 5.78 Å². The molecule has 1 aliphatic carbocycles. The minimum absolute atomic E-state index is 0.0550. The van der Waals surface area contributed by atoms with Crippen molar-refractivity contribution in [3.63, 3.8) is 0 Å². The van der Waals surface area contributed by atoms with Crippen LogP contribution in [0, 0.1) is 0 Å². The highest BCUT2D eigenvalue weighted by atomic mass is 16.5. The van der Waals surface area contributed by atoms with Crippen LogP contribution in [0.4, 0.5) is 0 Å². The maximum absolute atomic E-state index is 13.4. The van der Waals surface area contributed by atoms with Crippen LogP contribution in [0.5, 0.6) is 5.75 Å². The molecule has 1 aliphatic rings. The molecule has 0 spiro atoms. The van der Waals surface area contributed by atoms with Crippen molar-refractivity contribution in [3.8, 4) is 17.0 Å². The highest BCUT2D eigenvalue weighted by Gasteiger charge is 2.32. The normalized spacial score (nSPS) is 12.2. The zero-order chi connectivity index (χ0) is 22.1. The van der Waals surface area contributed by atoms with Gasteiger partial charge in [-0.3, -0.25) is 4.79 Å². The second kappa shape index (κ2) is 8.45. The molecule has 0 fully saturated rings. The van der Waals surface area contributed by atoms with E-state index >= 15 is 0 Å². The van der Waals surface area contributed by atoms with Gasteiger partial charge in [-0.05, 0) is 36.2 Å². The van der Waals surface area contributed by atoms with Gasteiger partial charge in [0.2, 0.25) is 0 Å². The number of benzene rings is 3. The molecule has 7 nitrogen and oxygen atoms in total. The van der Waals surface area contributed by atoms with Crippen LogP contribution in [0.2, 0.25) is 0 Å². The first-order chi connectivity index (χ1) is 15.7. The van der Waals surface area contributed by atoms with E-state index in [0.717, 1.165) is 22.0 Å². The van der Waals surface area contributed by atoms with Gasteiger partial charge in [-0.25, -0.2) is 0 Å². The molecule has 0 radical (unpaired) electrons. The Morgan fingerprint density at radius 3 is 2.66 bits per heavy atom. The minimum atomic E-state index is -0.0550. The summed E-state index contributed by atoms with van der Waals surface area (Å²) >= 11 is 0. The maximum Gasteiger partial charge on any atom is 0.194 e. The molecule has 0 saturated carbocycles. The van der Waals surface area contributed by atoms with Crippen molar-refractivity contribution in [1.82, 2.24) is 15.2 Å². The van der Waals surface area contributed by atoms with Crippen molar-refractivity contribution >= 4 is 16.7 Å². The molecule has 1 aromatic heterocycles. The van der Waals surface area contributed by atoms with E-state index in [1.165, 1.54) is 4.79 Å². The van der Waals surface area contributed by atoms with Crippen molar-refractivity contribution in [2.75, 3.05) is 25.5 Å². The summed E-state index contributed by atoms with van der Waals surface area (Å²) in [5, 5.41) is 17.5. The Labute approximate surface area is 185 Å². The Balaban J connectivity index is 1.58. The average molecular weight is 428 g/mol. The van der Waals surface area contributed by atoms with Crippen LogP contribution in [0.3, 0.4) is 0 Å². The molecule has 3 aromatic carbocycles. The lowest BCUT2D eigenvalue weighted by Gasteiger charge is -2.19. The number of nitrogen functional groups attached to an aromatic ring is 1. The summed E-state index contributed by atoms with van der Waals surface area (Å²) in [6, 6.07) is 19.2. The molecule has 1 heterocycles. The summed E-state index contributed by atoms with van der Waals surface area (Å²) < 4.78 is 6.14. The number of nitrogens with one attached hydrogen (secondary N) is 1. The van der Waals surface area contributed by atoms with Crippen LogP contribution < -0.4 is 15.9 Å². The summed E-state index contributed by atoms with van der Waals surface area (Å²) in [6.07, 6.45) is 0.701. The van der Waals surface area contributed by atoms with Crippen molar-refractivity contribution < 1.29 is 14.6 Å². The fourth-order valence-electron chi connectivity index (χ4n) is 4.30. The predicted octanol–water partition coefficient (Wildman–Crippen LogP) is 2.66. The van der Waals surface area contributed by atoms with Gasteiger partial charge in [-0.1, -0.05) is 48.5 Å². The molecule has 0 atom stereocenters. The highest BCUT2D eigenvalue weighted by Crippen LogP contribution is 2.44. The van der Waals surface area contributed by atoms with Crippen LogP contribution in [0.1, 0.15) is 27.0 Å². The number of ether oxygens (including phenoxy) is 1. The maximum atomic E-state index is 13.4. The van der Waals surface area contributed by atoms with Gasteiger partial charge in [-0.15, -0.1) is 0 Å². The van der Waals surface area contributed by atoms with Crippen molar-refractivity contribution in [2.24, 2.45) is 0 Å². The third-order valence-corrected chi connectivity index (χ3v) is 5.78. The number of nitrogens with two attached hydrogens (primary N) is 1. The highest BCUT2D eigenvalue weighted by molar-refractivity contribution is 6.26. The second-order valence-corrected chi connectivity index (χ2v) is 7.79. The topological polar surface area (TPSA) is 102 Å². The summed E-state index contributed by atoms with van der Waals surface area (Å²) in [4.78, 5) is 14.7. The van der Waals surface area contributed by atoms with E-state index in [1.807, 2.05) is 60.7 Å². The van der Waals surface area contributed by atoms with Crippen molar-refractivity contribution in [3.05, 3.63) is 82.9 Å². The van der Waals surface area contributed by atoms with E-state index in [1.54, 1.807) is 0 Å². The fraction of sp³-hybridized carbons (Fsp3) is 0.200. The number of aliphatic hydroxyl groups excluding tert-OH is 1. The van der Waals surface area contributed by atoms with Crippen molar-refractivity contribution in [1.29, 1.82) is 0 Å². The Morgan fingerprint density at radius 2 is 1.84 bits per heavy atom. The van der Waals surface area contributed by atoms with Crippen LogP contribution >= 0.6 is 0 Å². The van der Waals surface area contributed by atoms with Gasteiger partial charge >= 0.3 is 0 Å². The number of ketones is 1. The first-order valence-electron chi connectivity index (χ1n) is 10.6. The van der Waals surface area contributed by atoms with E-state index in [0.29, 0.717) is 54.3 Å². The van der Waals surface area contributed by atoms with E-state index in [9.17, 15) is 4.79 Å². The van der Waals surface area contributed by atoms with E-state index in [2.05, 4.69) is 10.4 Å². The number of hydrogen-bond donors (Lipinski definition) is 3. The van der Waals surface area contributed by atoms with Crippen LogP contribution in [0.25, 0.3) is 22.2 Å². The predicted molar refractivity (Wildman–Crippen MR) is 123 cm³/mol. The summed E-state index contributed by atoms with van der Waals surface area (Å²) in [7, 11) is 0. The number of fused-ring (bicyclic) bond motifs is 2. The number of aromatic nitrogens is 2. The Morgan fingerprint density at radius 1 is 1.00 bits per heavy atom. The number of nitrogens with zero attached hydrogens (tertiary/aromatic N) is 2. The molecule has 162 valence electrons. The Bertz CT molecular complexity index is 1300. The first kappa shape index (κ1) is 20.2. The van der Waals surface area contributed by atoms with Gasteiger partial charge in [-0.2, -0.15) is 9.89 Å². The Kier molecular flexibility index (Phi) is 5.34. The van der Waals surface area contributed by atoms with Gasteiger partial charge in [0, 0.05) is 23.1 Å². The number of rotatable bonds is 8. The third-order valence-electron chi connectivity index (χ3n) is 5.78.